The van der Waals surface area contributed by atoms with Crippen molar-refractivity contribution in [3.63, 3.8) is 0 Å². The minimum atomic E-state index is -0.979. The summed E-state index contributed by atoms with van der Waals surface area (Å²) in [6.45, 7) is 1.85. The highest BCUT2D eigenvalue weighted by Gasteiger charge is 2.16. The fraction of sp³-hybridized carbons (Fsp3) is 0.150. The molecule has 0 spiro atoms. The molecule has 0 saturated carbocycles. The molecule has 0 unspecified atom stereocenters. The molecule has 1 aromatic heterocycles. The Labute approximate surface area is 150 Å². The van der Waals surface area contributed by atoms with Gasteiger partial charge in [0.1, 0.15) is 0 Å². The van der Waals surface area contributed by atoms with Crippen molar-refractivity contribution in [2.75, 3.05) is 12.4 Å². The van der Waals surface area contributed by atoms with Gasteiger partial charge >= 0.3 is 11.9 Å². The second-order valence-corrected chi connectivity index (χ2v) is 5.83. The molecule has 0 aliphatic heterocycles. The van der Waals surface area contributed by atoms with E-state index in [0.29, 0.717) is 0 Å². The predicted molar refractivity (Wildman–Crippen MR) is 98.9 cm³/mol. The van der Waals surface area contributed by atoms with Crippen LogP contribution in [0.2, 0.25) is 0 Å². The Morgan fingerprint density at radius 3 is 2.46 bits per heavy atom. The molecule has 2 N–H and O–H groups in total. The van der Waals surface area contributed by atoms with Gasteiger partial charge < -0.3 is 15.2 Å². The van der Waals surface area contributed by atoms with Crippen LogP contribution in [0.15, 0.2) is 48.5 Å². The van der Waals surface area contributed by atoms with Crippen molar-refractivity contribution in [1.29, 1.82) is 0 Å². The maximum Gasteiger partial charge on any atom is 0.335 e. The van der Waals surface area contributed by atoms with Crippen molar-refractivity contribution >= 4 is 34.2 Å². The van der Waals surface area contributed by atoms with Gasteiger partial charge in [0.05, 0.1) is 30.3 Å². The van der Waals surface area contributed by atoms with E-state index >= 15 is 0 Å². The summed E-state index contributed by atoms with van der Waals surface area (Å²) in [6, 6.07) is 14.1. The monoisotopic (exact) mass is 350 g/mol. The van der Waals surface area contributed by atoms with Gasteiger partial charge in [-0.2, -0.15) is 0 Å². The van der Waals surface area contributed by atoms with Gasteiger partial charge in [-0.3, -0.25) is 9.78 Å². The van der Waals surface area contributed by atoms with E-state index in [0.717, 1.165) is 33.5 Å². The van der Waals surface area contributed by atoms with E-state index < -0.39 is 5.97 Å². The average Bonchev–Trinajstić information content (AvgIpc) is 2.64. The maximum absolute atomic E-state index is 11.9. The van der Waals surface area contributed by atoms with Gasteiger partial charge in [0.25, 0.3) is 0 Å². The Morgan fingerprint density at radius 1 is 1.12 bits per heavy atom. The number of carbonyl (C=O) groups is 2. The number of ether oxygens (including phenoxy) is 1. The highest BCUT2D eigenvalue weighted by Crippen LogP contribution is 2.31. The number of hydrogen-bond acceptors (Lipinski definition) is 5. The number of nitrogens with one attached hydrogen (secondary N) is 1. The third kappa shape index (κ3) is 3.49. The highest BCUT2D eigenvalue weighted by molar-refractivity contribution is 5.97. The lowest BCUT2D eigenvalue weighted by Gasteiger charge is -2.17. The second kappa shape index (κ2) is 7.23. The molecule has 0 saturated heterocycles. The number of aromatic carboxylic acids is 1. The van der Waals surface area contributed by atoms with Gasteiger partial charge in [-0.15, -0.1) is 0 Å². The summed E-state index contributed by atoms with van der Waals surface area (Å²) in [5.74, 6) is -1.33. The number of methoxy groups -OCH3 is 1. The number of aromatic nitrogens is 1. The molecule has 0 atom stereocenters. The Bertz CT molecular complexity index is 981. The van der Waals surface area contributed by atoms with E-state index in [9.17, 15) is 9.59 Å². The summed E-state index contributed by atoms with van der Waals surface area (Å²) in [6.07, 6.45) is 0.0930. The number of esters is 1. The minimum Gasteiger partial charge on any atom is -0.478 e. The summed E-state index contributed by atoms with van der Waals surface area (Å²) in [5.41, 5.74) is 3.99. The van der Waals surface area contributed by atoms with Crippen molar-refractivity contribution in [1.82, 2.24) is 4.98 Å². The number of benzene rings is 2. The molecule has 3 aromatic rings. The fourth-order valence-electron chi connectivity index (χ4n) is 2.79. The van der Waals surface area contributed by atoms with Gasteiger partial charge in [0, 0.05) is 22.3 Å². The van der Waals surface area contributed by atoms with Crippen molar-refractivity contribution in [2.24, 2.45) is 0 Å². The molecule has 6 heteroatoms. The summed E-state index contributed by atoms with van der Waals surface area (Å²) in [4.78, 5) is 27.4. The van der Waals surface area contributed by atoms with E-state index in [4.69, 9.17) is 9.84 Å². The zero-order valence-electron chi connectivity index (χ0n) is 14.4. The summed E-state index contributed by atoms with van der Waals surface area (Å²) in [5, 5.41) is 13.2. The number of anilines is 2. The van der Waals surface area contributed by atoms with Crippen LogP contribution in [0.5, 0.6) is 0 Å². The molecule has 0 bridgehead atoms. The SMILES string of the molecule is COC(=O)Cc1c(C)nc2ccccc2c1Nc1ccc(C(=O)O)cc1. The molecule has 26 heavy (non-hydrogen) atoms. The van der Waals surface area contributed by atoms with Gasteiger partial charge in [0.2, 0.25) is 0 Å². The minimum absolute atomic E-state index is 0.0930. The summed E-state index contributed by atoms with van der Waals surface area (Å²) >= 11 is 0. The molecular weight excluding hydrogens is 332 g/mol. The zero-order valence-corrected chi connectivity index (χ0v) is 14.4. The number of nitrogens with zero attached hydrogens (tertiary/aromatic N) is 1. The third-order valence-electron chi connectivity index (χ3n) is 4.15. The van der Waals surface area contributed by atoms with Crippen LogP contribution in [0.4, 0.5) is 11.4 Å². The van der Waals surface area contributed by atoms with Crippen LogP contribution in [-0.2, 0) is 16.0 Å². The largest absolute Gasteiger partial charge is 0.478 e. The van der Waals surface area contributed by atoms with Crippen LogP contribution < -0.4 is 5.32 Å². The number of fused-ring (bicyclic) bond motifs is 1. The number of pyridine rings is 1. The van der Waals surface area contributed by atoms with Crippen LogP contribution >= 0.6 is 0 Å². The molecule has 1 heterocycles. The first kappa shape index (κ1) is 17.4. The molecule has 0 aliphatic rings. The zero-order chi connectivity index (χ0) is 18.7. The lowest BCUT2D eigenvalue weighted by Crippen LogP contribution is -2.10. The Morgan fingerprint density at radius 2 is 1.81 bits per heavy atom. The molecule has 0 radical (unpaired) electrons. The van der Waals surface area contributed by atoms with E-state index in [1.54, 1.807) is 12.1 Å². The summed E-state index contributed by atoms with van der Waals surface area (Å²) < 4.78 is 4.81. The standard InChI is InChI=1S/C20H18N2O4/c1-12-16(11-18(23)26-2)19(15-5-3-4-6-17(15)21-12)22-14-9-7-13(8-10-14)20(24)25/h3-10H,11H2,1-2H3,(H,21,22)(H,24,25). The normalized spacial score (nSPS) is 10.5. The quantitative estimate of drug-likeness (QED) is 0.682. The molecule has 2 aromatic carbocycles. The first-order valence-electron chi connectivity index (χ1n) is 8.05. The smallest absolute Gasteiger partial charge is 0.335 e. The first-order valence-corrected chi connectivity index (χ1v) is 8.05. The maximum atomic E-state index is 11.9. The number of hydrogen-bond donors (Lipinski definition) is 2. The lowest BCUT2D eigenvalue weighted by molar-refractivity contribution is -0.139. The van der Waals surface area contributed by atoms with Gasteiger partial charge in [-0.1, -0.05) is 18.2 Å². The molecule has 0 aliphatic carbocycles. The van der Waals surface area contributed by atoms with Gasteiger partial charge in [-0.05, 0) is 37.3 Å². The van der Waals surface area contributed by atoms with E-state index in [1.165, 1.54) is 19.2 Å². The molecular formula is C20H18N2O4. The van der Waals surface area contributed by atoms with Gasteiger partial charge in [-0.25, -0.2) is 4.79 Å². The van der Waals surface area contributed by atoms with Crippen LogP contribution in [0.3, 0.4) is 0 Å². The number of para-hydroxylation sites is 1. The molecule has 3 rings (SSSR count). The van der Waals surface area contributed by atoms with Crippen molar-refractivity contribution in [3.05, 3.63) is 65.4 Å². The number of carboxylic acid groups (broad SMARTS) is 1. The van der Waals surface area contributed by atoms with Crippen molar-refractivity contribution < 1.29 is 19.4 Å². The van der Waals surface area contributed by atoms with E-state index in [2.05, 4.69) is 10.3 Å². The first-order chi connectivity index (χ1) is 12.5. The fourth-order valence-corrected chi connectivity index (χ4v) is 2.79. The summed E-state index contributed by atoms with van der Waals surface area (Å²) in [7, 11) is 1.35. The number of rotatable bonds is 5. The van der Waals surface area contributed by atoms with Crippen LogP contribution in [0, 0.1) is 6.92 Å². The van der Waals surface area contributed by atoms with Gasteiger partial charge in [0.15, 0.2) is 0 Å². The van der Waals surface area contributed by atoms with Crippen molar-refractivity contribution in [2.45, 2.75) is 13.3 Å². The number of aryl methyl sites for hydroxylation is 1. The van der Waals surface area contributed by atoms with Crippen LogP contribution in [0.1, 0.15) is 21.6 Å². The third-order valence-corrected chi connectivity index (χ3v) is 4.15. The Balaban J connectivity index is 2.10. The van der Waals surface area contributed by atoms with E-state index in [-0.39, 0.29) is 18.0 Å². The molecule has 6 nitrogen and oxygen atoms in total. The highest BCUT2D eigenvalue weighted by atomic mass is 16.5. The number of carboxylic acids is 1. The molecule has 0 amide bonds. The molecule has 0 fully saturated rings. The van der Waals surface area contributed by atoms with E-state index in [1.807, 2.05) is 31.2 Å². The Kier molecular flexibility index (Phi) is 4.84. The lowest BCUT2D eigenvalue weighted by atomic mass is 10.0. The predicted octanol–water partition coefficient (Wildman–Crippen LogP) is 3.70. The Hall–Kier alpha value is -3.41. The second-order valence-electron chi connectivity index (χ2n) is 5.83. The number of carbonyl (C=O) groups excluding carboxylic acids is 1. The van der Waals surface area contributed by atoms with Crippen LogP contribution in [0.25, 0.3) is 10.9 Å². The average molecular weight is 350 g/mol. The molecule has 132 valence electrons. The van der Waals surface area contributed by atoms with Crippen LogP contribution in [-0.4, -0.2) is 29.1 Å². The topological polar surface area (TPSA) is 88.5 Å². The van der Waals surface area contributed by atoms with Crippen molar-refractivity contribution in [3.8, 4) is 0 Å².